The van der Waals surface area contributed by atoms with Crippen molar-refractivity contribution in [1.82, 2.24) is 25.4 Å². The number of nitrogens with zero attached hydrogens (tertiary/aromatic N) is 3. The van der Waals surface area contributed by atoms with Crippen molar-refractivity contribution in [2.24, 2.45) is 5.92 Å². The second-order valence-electron chi connectivity index (χ2n) is 5.26. The van der Waals surface area contributed by atoms with E-state index in [0.29, 0.717) is 37.7 Å². The molecule has 1 aliphatic rings. The summed E-state index contributed by atoms with van der Waals surface area (Å²) in [7, 11) is 0. The van der Waals surface area contributed by atoms with Crippen LogP contribution in [0.25, 0.3) is 0 Å². The molecule has 1 saturated heterocycles. The minimum Gasteiger partial charge on any atom is -0.480 e. The number of aromatic nitrogens is 3. The van der Waals surface area contributed by atoms with Crippen molar-refractivity contribution < 1.29 is 14.7 Å². The van der Waals surface area contributed by atoms with Gasteiger partial charge in [0.25, 0.3) is 0 Å². The topological polar surface area (TPSA) is 111 Å². The van der Waals surface area contributed by atoms with Crippen molar-refractivity contribution in [2.75, 3.05) is 13.1 Å². The number of amides is 2. The SMILES string of the molecule is CCC1CCN(C(=O)NCCc2ncn[nH]2)C(C(=O)O)C1. The van der Waals surface area contributed by atoms with E-state index < -0.39 is 12.0 Å². The van der Waals surface area contributed by atoms with Gasteiger partial charge >= 0.3 is 12.0 Å². The molecule has 3 N–H and O–H groups in total. The Labute approximate surface area is 122 Å². The molecular formula is C13H21N5O3. The first-order valence-electron chi connectivity index (χ1n) is 7.23. The number of carboxylic acids is 1. The molecule has 2 heterocycles. The molecule has 8 heteroatoms. The molecule has 0 aliphatic carbocycles. The highest BCUT2D eigenvalue weighted by atomic mass is 16.4. The second kappa shape index (κ2) is 7.05. The third-order valence-electron chi connectivity index (χ3n) is 3.94. The summed E-state index contributed by atoms with van der Waals surface area (Å²) in [6, 6.07) is -1.05. The molecule has 0 aromatic carbocycles. The number of rotatable bonds is 5. The highest BCUT2D eigenvalue weighted by Gasteiger charge is 2.35. The Hall–Kier alpha value is -2.12. The third-order valence-corrected chi connectivity index (χ3v) is 3.94. The van der Waals surface area contributed by atoms with Crippen LogP contribution in [0.5, 0.6) is 0 Å². The van der Waals surface area contributed by atoms with Gasteiger partial charge in [0.15, 0.2) is 0 Å². The van der Waals surface area contributed by atoms with Gasteiger partial charge in [-0.05, 0) is 18.8 Å². The maximum atomic E-state index is 12.1. The molecule has 0 radical (unpaired) electrons. The van der Waals surface area contributed by atoms with Gasteiger partial charge in [-0.2, -0.15) is 5.10 Å². The molecule has 0 bridgehead atoms. The Balaban J connectivity index is 1.86. The van der Waals surface area contributed by atoms with E-state index in [9.17, 15) is 14.7 Å². The van der Waals surface area contributed by atoms with Crippen molar-refractivity contribution >= 4 is 12.0 Å². The Kier molecular flexibility index (Phi) is 5.13. The number of piperidine rings is 1. The summed E-state index contributed by atoms with van der Waals surface area (Å²) >= 11 is 0. The summed E-state index contributed by atoms with van der Waals surface area (Å²) in [5.74, 6) is 0.137. The Morgan fingerprint density at radius 2 is 2.38 bits per heavy atom. The molecule has 2 atom stereocenters. The average Bonchev–Trinajstić information content (AvgIpc) is 2.99. The van der Waals surface area contributed by atoms with Crippen LogP contribution in [0.4, 0.5) is 4.79 Å². The molecule has 116 valence electrons. The first kappa shape index (κ1) is 15.3. The van der Waals surface area contributed by atoms with Gasteiger partial charge in [-0.25, -0.2) is 14.6 Å². The summed E-state index contributed by atoms with van der Waals surface area (Å²) in [5, 5.41) is 18.5. The van der Waals surface area contributed by atoms with Crippen molar-refractivity contribution in [3.05, 3.63) is 12.2 Å². The maximum absolute atomic E-state index is 12.1. The van der Waals surface area contributed by atoms with Crippen LogP contribution in [0, 0.1) is 5.92 Å². The Morgan fingerprint density at radius 1 is 1.57 bits per heavy atom. The van der Waals surface area contributed by atoms with Crippen molar-refractivity contribution in [2.45, 2.75) is 38.6 Å². The van der Waals surface area contributed by atoms with E-state index in [0.717, 1.165) is 12.8 Å². The first-order valence-corrected chi connectivity index (χ1v) is 7.23. The fourth-order valence-electron chi connectivity index (χ4n) is 2.63. The van der Waals surface area contributed by atoms with Gasteiger partial charge in [0.2, 0.25) is 0 Å². The van der Waals surface area contributed by atoms with Crippen LogP contribution in [0.2, 0.25) is 0 Å². The van der Waals surface area contributed by atoms with Gasteiger partial charge in [0.1, 0.15) is 18.2 Å². The lowest BCUT2D eigenvalue weighted by Gasteiger charge is -2.36. The fraction of sp³-hybridized carbons (Fsp3) is 0.692. The van der Waals surface area contributed by atoms with E-state index in [-0.39, 0.29) is 6.03 Å². The van der Waals surface area contributed by atoms with Gasteiger partial charge in [-0.1, -0.05) is 13.3 Å². The molecule has 1 aromatic heterocycles. The van der Waals surface area contributed by atoms with E-state index in [4.69, 9.17) is 0 Å². The predicted octanol–water partition coefficient (Wildman–Crippen LogP) is 0.632. The van der Waals surface area contributed by atoms with E-state index in [2.05, 4.69) is 27.4 Å². The molecule has 0 spiro atoms. The van der Waals surface area contributed by atoms with Crippen LogP contribution in [0.1, 0.15) is 32.0 Å². The third kappa shape index (κ3) is 3.93. The summed E-state index contributed by atoms with van der Waals surface area (Å²) in [4.78, 5) is 28.9. The molecule has 1 aliphatic heterocycles. The lowest BCUT2D eigenvalue weighted by Crippen LogP contribution is -2.53. The quantitative estimate of drug-likeness (QED) is 0.738. The van der Waals surface area contributed by atoms with Crippen molar-refractivity contribution in [1.29, 1.82) is 0 Å². The van der Waals surface area contributed by atoms with E-state index in [1.54, 1.807) is 0 Å². The fourth-order valence-corrected chi connectivity index (χ4v) is 2.63. The largest absolute Gasteiger partial charge is 0.480 e. The number of hydrogen-bond donors (Lipinski definition) is 3. The number of carbonyl (C=O) groups is 2. The van der Waals surface area contributed by atoms with Gasteiger partial charge in [0, 0.05) is 19.5 Å². The Morgan fingerprint density at radius 3 is 3.00 bits per heavy atom. The van der Waals surface area contributed by atoms with E-state index in [1.165, 1.54) is 11.2 Å². The predicted molar refractivity (Wildman–Crippen MR) is 74.6 cm³/mol. The van der Waals surface area contributed by atoms with Crippen LogP contribution in [-0.2, 0) is 11.2 Å². The van der Waals surface area contributed by atoms with Gasteiger partial charge in [-0.15, -0.1) is 0 Å². The lowest BCUT2D eigenvalue weighted by molar-refractivity contribution is -0.144. The highest BCUT2D eigenvalue weighted by molar-refractivity contribution is 5.82. The molecule has 2 rings (SSSR count). The Bertz CT molecular complexity index is 476. The van der Waals surface area contributed by atoms with Crippen molar-refractivity contribution in [3.8, 4) is 0 Å². The monoisotopic (exact) mass is 295 g/mol. The molecule has 8 nitrogen and oxygen atoms in total. The number of nitrogens with one attached hydrogen (secondary N) is 2. The zero-order valence-electron chi connectivity index (χ0n) is 12.1. The normalized spacial score (nSPS) is 22.0. The summed E-state index contributed by atoms with van der Waals surface area (Å²) in [6.07, 6.45) is 4.28. The molecule has 1 aromatic rings. The van der Waals surface area contributed by atoms with Crippen molar-refractivity contribution in [3.63, 3.8) is 0 Å². The maximum Gasteiger partial charge on any atom is 0.326 e. The number of urea groups is 1. The molecule has 1 fully saturated rings. The van der Waals surface area contributed by atoms with Gasteiger partial charge in [-0.3, -0.25) is 5.10 Å². The number of hydrogen-bond acceptors (Lipinski definition) is 4. The molecule has 0 saturated carbocycles. The summed E-state index contributed by atoms with van der Waals surface area (Å²) < 4.78 is 0. The number of carbonyl (C=O) groups excluding carboxylic acids is 1. The molecular weight excluding hydrogens is 274 g/mol. The lowest BCUT2D eigenvalue weighted by atomic mass is 9.89. The van der Waals surface area contributed by atoms with Crippen LogP contribution in [0.15, 0.2) is 6.33 Å². The molecule has 2 unspecified atom stereocenters. The number of aromatic amines is 1. The minimum atomic E-state index is -0.932. The smallest absolute Gasteiger partial charge is 0.326 e. The zero-order chi connectivity index (χ0) is 15.2. The number of likely N-dealkylation sites (tertiary alicyclic amines) is 1. The van der Waals surface area contributed by atoms with E-state index >= 15 is 0 Å². The second-order valence-corrected chi connectivity index (χ2v) is 5.26. The van der Waals surface area contributed by atoms with Gasteiger partial charge in [0.05, 0.1) is 0 Å². The molecule has 2 amide bonds. The standard InChI is InChI=1S/C13H21N5O3/c1-2-9-4-6-18(10(7-9)12(19)20)13(21)14-5-3-11-15-8-16-17-11/h8-10H,2-7H2,1H3,(H,14,21)(H,19,20)(H,15,16,17). The van der Waals surface area contributed by atoms with Crippen LogP contribution in [0.3, 0.4) is 0 Å². The summed E-state index contributed by atoms with van der Waals surface area (Å²) in [5.41, 5.74) is 0. The minimum absolute atomic E-state index is 0.323. The average molecular weight is 295 g/mol. The number of carboxylic acid groups (broad SMARTS) is 1. The number of H-pyrrole nitrogens is 1. The van der Waals surface area contributed by atoms with Gasteiger partial charge < -0.3 is 15.3 Å². The summed E-state index contributed by atoms with van der Waals surface area (Å²) in [6.45, 7) is 2.94. The zero-order valence-corrected chi connectivity index (χ0v) is 12.1. The highest BCUT2D eigenvalue weighted by Crippen LogP contribution is 2.25. The van der Waals surface area contributed by atoms with E-state index in [1.807, 2.05) is 0 Å². The number of aliphatic carboxylic acids is 1. The van der Waals surface area contributed by atoms with Crippen LogP contribution in [-0.4, -0.2) is 56.3 Å². The van der Waals surface area contributed by atoms with Crippen LogP contribution < -0.4 is 5.32 Å². The van der Waals surface area contributed by atoms with Crippen LogP contribution >= 0.6 is 0 Å². The first-order chi connectivity index (χ1) is 10.1. The molecule has 21 heavy (non-hydrogen) atoms.